The fourth-order valence-electron chi connectivity index (χ4n) is 3.75. The second kappa shape index (κ2) is 9.40. The predicted octanol–water partition coefficient (Wildman–Crippen LogP) is 4.18. The van der Waals surface area contributed by atoms with Crippen molar-refractivity contribution in [3.8, 4) is 16.9 Å². The number of anilines is 1. The lowest BCUT2D eigenvalue weighted by Gasteiger charge is -2.29. The number of hydrogen-bond acceptors (Lipinski definition) is 3. The van der Waals surface area contributed by atoms with E-state index >= 15 is 0 Å². The van der Waals surface area contributed by atoms with E-state index in [-0.39, 0.29) is 5.91 Å². The molecule has 0 atom stereocenters. The maximum absolute atomic E-state index is 12.5. The van der Waals surface area contributed by atoms with Crippen molar-refractivity contribution in [3.05, 3.63) is 77.9 Å². The number of ether oxygens (including phenoxy) is 1. The first-order chi connectivity index (χ1) is 15.0. The van der Waals surface area contributed by atoms with E-state index in [2.05, 4.69) is 29.4 Å². The van der Waals surface area contributed by atoms with Gasteiger partial charge in [-0.1, -0.05) is 47.4 Å². The van der Waals surface area contributed by atoms with Gasteiger partial charge in [0, 0.05) is 24.3 Å². The van der Waals surface area contributed by atoms with Crippen molar-refractivity contribution in [2.24, 2.45) is 0 Å². The molecule has 3 aromatic rings. The Morgan fingerprint density at radius 2 is 1.58 bits per heavy atom. The molecule has 0 saturated carbocycles. The summed E-state index contributed by atoms with van der Waals surface area (Å²) in [6.07, 6.45) is 2.44. The highest BCUT2D eigenvalue weighted by molar-refractivity contribution is 6.33. The fraction of sp³-hybridized carbons (Fsp3) is 0.269. The van der Waals surface area contributed by atoms with E-state index in [0.717, 1.165) is 54.1 Å². The summed E-state index contributed by atoms with van der Waals surface area (Å²) in [5.74, 6) is 0.745. The topological polar surface area (TPSA) is 41.6 Å². The second-order valence-corrected chi connectivity index (χ2v) is 8.25. The molecule has 1 saturated heterocycles. The molecule has 1 fully saturated rings. The average molecular weight is 410 g/mol. The van der Waals surface area contributed by atoms with Crippen LogP contribution in [0.25, 0.3) is 11.1 Å². The Hall–Kier alpha value is -3.05. The molecule has 1 aliphatic rings. The van der Waals surface area contributed by atoms with Gasteiger partial charge in [0.05, 0.1) is 0 Å². The summed E-state index contributed by atoms with van der Waals surface area (Å²) in [7, 11) is 8.07. The molecule has 1 amide bonds. The number of hydrogen-bond donors (Lipinski definition) is 1. The van der Waals surface area contributed by atoms with Crippen molar-refractivity contribution in [2.75, 3.05) is 25.5 Å². The van der Waals surface area contributed by atoms with Crippen LogP contribution < -0.4 is 15.5 Å². The van der Waals surface area contributed by atoms with E-state index in [0.29, 0.717) is 17.1 Å². The van der Waals surface area contributed by atoms with Gasteiger partial charge in [0.1, 0.15) is 19.7 Å². The van der Waals surface area contributed by atoms with E-state index in [1.807, 2.05) is 49.4 Å². The normalized spacial score (nSPS) is 14.9. The standard InChI is InChI=1S/C26H27BN2O2/c1-18-3-4-21(17-25(18)27)26(30)28-22-9-5-19(6-10-22)20-7-11-23(12-8-20)31-24-13-15-29(2)16-14-24/h3-12,17,24H,13-16H2,1-2H3,(H,28,30). The van der Waals surface area contributed by atoms with Crippen LogP contribution in [0.1, 0.15) is 28.8 Å². The first kappa shape index (κ1) is 21.2. The number of carbonyl (C=O) groups excluding carboxylic acids is 1. The molecule has 0 spiro atoms. The third kappa shape index (κ3) is 5.36. The summed E-state index contributed by atoms with van der Waals surface area (Å²) in [4.78, 5) is 14.8. The molecule has 0 aromatic heterocycles. The van der Waals surface area contributed by atoms with Crippen LogP contribution in [-0.4, -0.2) is 44.9 Å². The molecule has 31 heavy (non-hydrogen) atoms. The number of carbonyl (C=O) groups is 1. The highest BCUT2D eigenvalue weighted by Crippen LogP contribution is 2.25. The van der Waals surface area contributed by atoms with Crippen LogP contribution in [0, 0.1) is 6.92 Å². The van der Waals surface area contributed by atoms with E-state index in [1.54, 1.807) is 12.1 Å². The second-order valence-electron chi connectivity index (χ2n) is 8.25. The summed E-state index contributed by atoms with van der Waals surface area (Å²) in [6.45, 7) is 4.09. The molecule has 5 heteroatoms. The molecule has 0 bridgehead atoms. The maximum atomic E-state index is 12.5. The lowest BCUT2D eigenvalue weighted by atomic mass is 9.89. The van der Waals surface area contributed by atoms with Crippen LogP contribution in [0.3, 0.4) is 0 Å². The largest absolute Gasteiger partial charge is 0.490 e. The number of likely N-dealkylation sites (tertiary alicyclic amines) is 1. The number of amides is 1. The first-order valence-electron chi connectivity index (χ1n) is 10.7. The Bertz CT molecular complexity index is 1040. The SMILES string of the molecule is [B]c1cc(C(=O)Nc2ccc(-c3ccc(OC4CCN(C)CC4)cc3)cc2)ccc1C. The van der Waals surface area contributed by atoms with Gasteiger partial charge in [0.25, 0.3) is 5.91 Å². The van der Waals surface area contributed by atoms with Gasteiger partial charge in [-0.15, -0.1) is 0 Å². The van der Waals surface area contributed by atoms with Crippen LogP contribution in [0.4, 0.5) is 5.69 Å². The number of aryl methyl sites for hydroxylation is 1. The third-order valence-corrected chi connectivity index (χ3v) is 5.84. The quantitative estimate of drug-likeness (QED) is 0.642. The van der Waals surface area contributed by atoms with Crippen molar-refractivity contribution < 1.29 is 9.53 Å². The Morgan fingerprint density at radius 1 is 0.968 bits per heavy atom. The van der Waals surface area contributed by atoms with Gasteiger partial charge in [0.2, 0.25) is 0 Å². The minimum atomic E-state index is -0.171. The molecule has 2 radical (unpaired) electrons. The molecular weight excluding hydrogens is 383 g/mol. The van der Waals surface area contributed by atoms with Gasteiger partial charge in [-0.25, -0.2) is 0 Å². The van der Waals surface area contributed by atoms with Crippen molar-refractivity contribution in [2.45, 2.75) is 25.9 Å². The zero-order valence-electron chi connectivity index (χ0n) is 18.1. The number of benzene rings is 3. The van der Waals surface area contributed by atoms with E-state index in [9.17, 15) is 4.79 Å². The molecule has 4 nitrogen and oxygen atoms in total. The first-order valence-corrected chi connectivity index (χ1v) is 10.7. The minimum absolute atomic E-state index is 0.171. The van der Waals surface area contributed by atoms with Crippen LogP contribution in [-0.2, 0) is 0 Å². The molecule has 4 rings (SSSR count). The lowest BCUT2D eigenvalue weighted by molar-refractivity contribution is 0.102. The average Bonchev–Trinajstić information content (AvgIpc) is 2.78. The van der Waals surface area contributed by atoms with Crippen molar-refractivity contribution in [1.29, 1.82) is 0 Å². The molecular formula is C26H27BN2O2. The van der Waals surface area contributed by atoms with Gasteiger partial charge in [-0.3, -0.25) is 4.79 Å². The van der Waals surface area contributed by atoms with Crippen LogP contribution in [0.15, 0.2) is 66.7 Å². The fourth-order valence-corrected chi connectivity index (χ4v) is 3.75. The Morgan fingerprint density at radius 3 is 2.19 bits per heavy atom. The number of rotatable bonds is 5. The maximum Gasteiger partial charge on any atom is 0.255 e. The molecule has 1 aliphatic heterocycles. The van der Waals surface area contributed by atoms with E-state index in [4.69, 9.17) is 12.6 Å². The predicted molar refractivity (Wildman–Crippen MR) is 128 cm³/mol. The van der Waals surface area contributed by atoms with E-state index in [1.165, 1.54) is 0 Å². The lowest BCUT2D eigenvalue weighted by Crippen LogP contribution is -2.35. The Balaban J connectivity index is 1.37. The molecule has 156 valence electrons. The van der Waals surface area contributed by atoms with Gasteiger partial charge < -0.3 is 15.0 Å². The zero-order valence-corrected chi connectivity index (χ0v) is 18.1. The molecule has 0 aliphatic carbocycles. The van der Waals surface area contributed by atoms with Gasteiger partial charge >= 0.3 is 0 Å². The van der Waals surface area contributed by atoms with Crippen LogP contribution in [0.2, 0.25) is 0 Å². The highest BCUT2D eigenvalue weighted by atomic mass is 16.5. The molecule has 1 N–H and O–H groups in total. The van der Waals surface area contributed by atoms with Crippen molar-refractivity contribution in [1.82, 2.24) is 4.90 Å². The summed E-state index contributed by atoms with van der Waals surface area (Å²) in [5, 5.41) is 2.92. The Labute approximate surface area is 185 Å². The van der Waals surface area contributed by atoms with Crippen molar-refractivity contribution in [3.63, 3.8) is 0 Å². The highest BCUT2D eigenvalue weighted by Gasteiger charge is 2.17. The summed E-state index contributed by atoms with van der Waals surface area (Å²) >= 11 is 0. The van der Waals surface area contributed by atoms with Crippen LogP contribution >= 0.6 is 0 Å². The monoisotopic (exact) mass is 410 g/mol. The number of nitrogens with one attached hydrogen (secondary N) is 1. The summed E-state index contributed by atoms with van der Waals surface area (Å²) < 4.78 is 6.13. The number of piperidine rings is 1. The third-order valence-electron chi connectivity index (χ3n) is 5.84. The summed E-state index contributed by atoms with van der Waals surface area (Å²) in [6, 6.07) is 21.4. The van der Waals surface area contributed by atoms with E-state index < -0.39 is 0 Å². The molecule has 1 heterocycles. The minimum Gasteiger partial charge on any atom is -0.490 e. The number of nitrogens with zero attached hydrogens (tertiary/aromatic N) is 1. The van der Waals surface area contributed by atoms with Crippen molar-refractivity contribution >= 4 is 24.9 Å². The summed E-state index contributed by atoms with van der Waals surface area (Å²) in [5.41, 5.74) is 5.07. The zero-order chi connectivity index (χ0) is 21.8. The van der Waals surface area contributed by atoms with Crippen LogP contribution in [0.5, 0.6) is 5.75 Å². The van der Waals surface area contributed by atoms with Gasteiger partial charge in [-0.2, -0.15) is 0 Å². The van der Waals surface area contributed by atoms with Gasteiger partial charge in [-0.05, 0) is 68.3 Å². The molecule has 0 unspecified atom stereocenters. The molecule has 3 aromatic carbocycles. The smallest absolute Gasteiger partial charge is 0.255 e. The Kier molecular flexibility index (Phi) is 6.43. The van der Waals surface area contributed by atoms with Gasteiger partial charge in [0.15, 0.2) is 0 Å².